The largest absolute Gasteiger partial charge is 0.352 e. The molecule has 174 valence electrons. The lowest BCUT2D eigenvalue weighted by atomic mass is 10.1. The van der Waals surface area contributed by atoms with Gasteiger partial charge in [-0.2, -0.15) is 10.2 Å². The van der Waals surface area contributed by atoms with Crippen molar-refractivity contribution < 1.29 is 9.59 Å². The quantitative estimate of drug-likeness (QED) is 0.571. The number of halogens is 1. The first-order valence-electron chi connectivity index (χ1n) is 10.8. The zero-order valence-corrected chi connectivity index (χ0v) is 19.8. The number of aromatic nitrogens is 2. The Morgan fingerprint density at radius 3 is 2.70 bits per heavy atom. The molecule has 1 unspecified atom stereocenters. The van der Waals surface area contributed by atoms with Crippen LogP contribution in [-0.2, 0) is 11.3 Å². The second kappa shape index (κ2) is 11.1. The van der Waals surface area contributed by atoms with Crippen LogP contribution in [0, 0.1) is 17.2 Å². The fraction of sp³-hybridized carbons (Fsp3) is 0.435. The number of likely N-dealkylation sites (tertiary alicyclic amines) is 1. The predicted octanol–water partition coefficient (Wildman–Crippen LogP) is 2.52. The third-order valence-electron chi connectivity index (χ3n) is 5.17. The van der Waals surface area contributed by atoms with E-state index in [1.165, 1.54) is 13.1 Å². The van der Waals surface area contributed by atoms with Gasteiger partial charge in [-0.05, 0) is 30.0 Å². The molecule has 1 aliphatic heterocycles. The maximum Gasteiger partial charge on any atom is 0.269 e. The highest BCUT2D eigenvalue weighted by molar-refractivity contribution is 6.32. The molecule has 1 aromatic heterocycles. The maximum absolute atomic E-state index is 12.9. The second-order valence-electron chi connectivity index (χ2n) is 8.54. The molecular weight excluding hydrogens is 442 g/mol. The molecule has 0 aliphatic carbocycles. The number of hydrazine groups is 1. The number of anilines is 1. The Morgan fingerprint density at radius 1 is 1.33 bits per heavy atom. The third kappa shape index (κ3) is 6.88. The van der Waals surface area contributed by atoms with Crippen LogP contribution in [0.5, 0.6) is 0 Å². The summed E-state index contributed by atoms with van der Waals surface area (Å²) in [6.45, 7) is 8.49. The van der Waals surface area contributed by atoms with Crippen LogP contribution in [0.2, 0.25) is 5.02 Å². The van der Waals surface area contributed by atoms with Gasteiger partial charge in [-0.15, -0.1) is 0 Å². The monoisotopic (exact) mass is 469 g/mol. The van der Waals surface area contributed by atoms with Gasteiger partial charge in [-0.1, -0.05) is 37.6 Å². The van der Waals surface area contributed by atoms with E-state index in [0.717, 1.165) is 31.6 Å². The molecule has 2 amide bonds. The van der Waals surface area contributed by atoms with Gasteiger partial charge in [-0.25, -0.2) is 4.98 Å². The zero-order chi connectivity index (χ0) is 24.0. The van der Waals surface area contributed by atoms with Gasteiger partial charge in [-0.3, -0.25) is 24.9 Å². The summed E-state index contributed by atoms with van der Waals surface area (Å²) in [6, 6.07) is 9.50. The highest BCUT2D eigenvalue weighted by atomic mass is 35.5. The van der Waals surface area contributed by atoms with Crippen LogP contribution in [0.25, 0.3) is 0 Å². The number of carbonyl (C=O) groups is 2. The molecule has 2 heterocycles. The molecule has 3 rings (SSSR count). The highest BCUT2D eigenvalue weighted by Crippen LogP contribution is 2.22. The fourth-order valence-electron chi connectivity index (χ4n) is 3.74. The van der Waals surface area contributed by atoms with Gasteiger partial charge in [0, 0.05) is 44.7 Å². The minimum atomic E-state index is -0.303. The molecule has 1 atom stereocenters. The molecule has 0 radical (unpaired) electrons. The van der Waals surface area contributed by atoms with E-state index in [1.54, 1.807) is 17.1 Å². The fourth-order valence-corrected chi connectivity index (χ4v) is 3.93. The van der Waals surface area contributed by atoms with Crippen molar-refractivity contribution in [2.75, 3.05) is 24.6 Å². The molecule has 0 bridgehead atoms. The highest BCUT2D eigenvalue weighted by Gasteiger charge is 2.23. The summed E-state index contributed by atoms with van der Waals surface area (Å²) < 4.78 is 0. The van der Waals surface area contributed by atoms with Gasteiger partial charge in [0.1, 0.15) is 11.1 Å². The number of nitrogens with zero attached hydrogens (tertiary/aromatic N) is 5. The van der Waals surface area contributed by atoms with Crippen molar-refractivity contribution in [3.8, 4) is 6.07 Å². The van der Waals surface area contributed by atoms with Gasteiger partial charge in [0.2, 0.25) is 11.7 Å². The van der Waals surface area contributed by atoms with E-state index in [2.05, 4.69) is 25.6 Å². The number of rotatable bonds is 8. The first-order chi connectivity index (χ1) is 15.7. The summed E-state index contributed by atoms with van der Waals surface area (Å²) in [4.78, 5) is 34.5. The Bertz CT molecular complexity index is 1040. The van der Waals surface area contributed by atoms with E-state index >= 15 is 0 Å². The number of hydrogen-bond donors (Lipinski definition) is 2. The summed E-state index contributed by atoms with van der Waals surface area (Å²) >= 11 is 6.25. The van der Waals surface area contributed by atoms with Gasteiger partial charge in [0.25, 0.3) is 5.91 Å². The Kier molecular flexibility index (Phi) is 8.20. The summed E-state index contributed by atoms with van der Waals surface area (Å²) in [5.41, 5.74) is 4.43. The Balaban J connectivity index is 1.66. The Morgan fingerprint density at radius 2 is 2.06 bits per heavy atom. The summed E-state index contributed by atoms with van der Waals surface area (Å²) in [5.74, 6) is 0.151. The van der Waals surface area contributed by atoms with Gasteiger partial charge < -0.3 is 5.32 Å². The van der Waals surface area contributed by atoms with Crippen molar-refractivity contribution in [2.45, 2.75) is 39.8 Å². The first-order valence-corrected chi connectivity index (χ1v) is 11.2. The zero-order valence-electron chi connectivity index (χ0n) is 19.0. The van der Waals surface area contributed by atoms with Crippen molar-refractivity contribution in [1.82, 2.24) is 25.6 Å². The summed E-state index contributed by atoms with van der Waals surface area (Å²) in [6.07, 6.45) is 2.29. The van der Waals surface area contributed by atoms with Crippen LogP contribution in [0.1, 0.15) is 48.9 Å². The molecular formula is C23H28ClN7O2. The molecule has 1 saturated heterocycles. The van der Waals surface area contributed by atoms with Crippen LogP contribution in [-0.4, -0.2) is 52.4 Å². The molecule has 1 aliphatic rings. The topological polar surface area (TPSA) is 114 Å². The Hall–Kier alpha value is -3.22. The molecule has 1 fully saturated rings. The number of hydrogen-bond acceptors (Lipinski definition) is 7. The van der Waals surface area contributed by atoms with E-state index in [9.17, 15) is 9.59 Å². The minimum Gasteiger partial charge on any atom is -0.352 e. The van der Waals surface area contributed by atoms with E-state index in [1.807, 2.05) is 32.0 Å². The van der Waals surface area contributed by atoms with Crippen LogP contribution in [0.4, 0.5) is 5.82 Å². The normalized spacial score (nSPS) is 15.8. The van der Waals surface area contributed by atoms with Crippen molar-refractivity contribution in [3.63, 3.8) is 0 Å². The lowest BCUT2D eigenvalue weighted by molar-refractivity contribution is -0.119. The summed E-state index contributed by atoms with van der Waals surface area (Å²) in [5, 5.41) is 13.9. The second-order valence-corrected chi connectivity index (χ2v) is 8.95. The molecule has 0 spiro atoms. The first kappa shape index (κ1) is 24.4. The molecule has 0 saturated carbocycles. The predicted molar refractivity (Wildman–Crippen MR) is 125 cm³/mol. The van der Waals surface area contributed by atoms with Gasteiger partial charge in [0.05, 0.1) is 6.20 Å². The summed E-state index contributed by atoms with van der Waals surface area (Å²) in [7, 11) is 0. The van der Waals surface area contributed by atoms with E-state index in [0.29, 0.717) is 12.1 Å². The standard InChI is InChI=1S/C23H28ClN7O2/c1-15(2)12-31(22-20(24)11-26-21(10-25)28-22)29-23(33)18-6-4-17(5-7-18)13-30-9-8-19(14-30)27-16(3)32/h4-7,11,15,19H,8-9,12-14H2,1-3H3,(H,27,32)(H,29,33). The number of benzene rings is 1. The van der Waals surface area contributed by atoms with Crippen molar-refractivity contribution in [2.24, 2.45) is 5.92 Å². The molecule has 1 aromatic carbocycles. The van der Waals surface area contributed by atoms with Gasteiger partial charge in [0.15, 0.2) is 5.82 Å². The number of carbonyl (C=O) groups excluding carboxylic acids is 2. The Labute approximate surface area is 198 Å². The smallest absolute Gasteiger partial charge is 0.269 e. The SMILES string of the molecule is CC(=O)NC1CCN(Cc2ccc(C(=O)NN(CC(C)C)c3nc(C#N)ncc3Cl)cc2)C1. The minimum absolute atomic E-state index is 0.00386. The molecule has 10 heteroatoms. The molecule has 2 N–H and O–H groups in total. The van der Waals surface area contributed by atoms with Crippen LogP contribution in [0.3, 0.4) is 0 Å². The maximum atomic E-state index is 12.9. The van der Waals surface area contributed by atoms with E-state index in [4.69, 9.17) is 16.9 Å². The van der Waals surface area contributed by atoms with Crippen LogP contribution >= 0.6 is 11.6 Å². The van der Waals surface area contributed by atoms with Crippen molar-refractivity contribution >= 4 is 29.2 Å². The lowest BCUT2D eigenvalue weighted by Crippen LogP contribution is -2.45. The number of amides is 2. The molecule has 33 heavy (non-hydrogen) atoms. The van der Waals surface area contributed by atoms with Gasteiger partial charge >= 0.3 is 0 Å². The van der Waals surface area contributed by atoms with Crippen LogP contribution < -0.4 is 15.8 Å². The van der Waals surface area contributed by atoms with E-state index < -0.39 is 0 Å². The number of nitrogens with one attached hydrogen (secondary N) is 2. The molecule has 2 aromatic rings. The third-order valence-corrected chi connectivity index (χ3v) is 5.43. The molecule has 9 nitrogen and oxygen atoms in total. The number of nitriles is 1. The van der Waals surface area contributed by atoms with Crippen LogP contribution in [0.15, 0.2) is 30.5 Å². The average Bonchev–Trinajstić information content (AvgIpc) is 3.19. The van der Waals surface area contributed by atoms with Crippen molar-refractivity contribution in [3.05, 3.63) is 52.4 Å². The van der Waals surface area contributed by atoms with E-state index in [-0.39, 0.29) is 40.4 Å². The van der Waals surface area contributed by atoms with Crippen molar-refractivity contribution in [1.29, 1.82) is 5.26 Å². The lowest BCUT2D eigenvalue weighted by Gasteiger charge is -2.26. The average molecular weight is 470 g/mol.